The minimum Gasteiger partial charge on any atom is -0.352 e. The van der Waals surface area contributed by atoms with Gasteiger partial charge in [0.1, 0.15) is 5.82 Å². The van der Waals surface area contributed by atoms with Gasteiger partial charge in [-0.15, -0.1) is 0 Å². The van der Waals surface area contributed by atoms with Gasteiger partial charge >= 0.3 is 0 Å². The minimum absolute atomic E-state index is 0.117. The Morgan fingerprint density at radius 1 is 1.56 bits per heavy atom. The molecule has 1 aromatic carbocycles. The van der Waals surface area contributed by atoms with Crippen LogP contribution in [-0.4, -0.2) is 25.0 Å². The third-order valence-electron chi connectivity index (χ3n) is 3.14. The molecular formula is C13H16ClFN2O. The maximum atomic E-state index is 13.2. The zero-order valence-corrected chi connectivity index (χ0v) is 10.8. The van der Waals surface area contributed by atoms with Gasteiger partial charge in [0.25, 0.3) is 5.91 Å². The molecule has 0 bridgehead atoms. The number of carbonyl (C=O) groups is 1. The Hall–Kier alpha value is -1.13. The third-order valence-corrected chi connectivity index (χ3v) is 3.52. The van der Waals surface area contributed by atoms with Crippen LogP contribution < -0.4 is 10.6 Å². The molecule has 2 N–H and O–H groups in total. The van der Waals surface area contributed by atoms with E-state index in [0.717, 1.165) is 19.4 Å². The van der Waals surface area contributed by atoms with Crippen LogP contribution in [0.25, 0.3) is 0 Å². The van der Waals surface area contributed by atoms with Gasteiger partial charge in [0.05, 0.1) is 10.6 Å². The molecule has 1 aromatic rings. The molecule has 5 heteroatoms. The lowest BCUT2D eigenvalue weighted by Gasteiger charge is -2.11. The smallest absolute Gasteiger partial charge is 0.252 e. The molecule has 98 valence electrons. The molecule has 1 aliphatic rings. The summed E-state index contributed by atoms with van der Waals surface area (Å²) in [5.41, 5.74) is 0.191. The van der Waals surface area contributed by atoms with Crippen LogP contribution in [0.1, 0.15) is 29.6 Å². The summed E-state index contributed by atoms with van der Waals surface area (Å²) in [4.78, 5) is 11.8. The Kier molecular flexibility index (Phi) is 4.55. The van der Waals surface area contributed by atoms with Crippen molar-refractivity contribution >= 4 is 17.5 Å². The number of carbonyl (C=O) groups excluding carboxylic acids is 1. The van der Waals surface area contributed by atoms with Crippen LogP contribution >= 0.6 is 11.6 Å². The summed E-state index contributed by atoms with van der Waals surface area (Å²) in [5.74, 6) is -0.890. The van der Waals surface area contributed by atoms with Crippen LogP contribution in [0.15, 0.2) is 18.2 Å². The van der Waals surface area contributed by atoms with Gasteiger partial charge < -0.3 is 10.6 Å². The molecule has 0 unspecified atom stereocenters. The van der Waals surface area contributed by atoms with Crippen LogP contribution in [0.5, 0.6) is 0 Å². The van der Waals surface area contributed by atoms with E-state index in [-0.39, 0.29) is 16.5 Å². The van der Waals surface area contributed by atoms with E-state index in [1.807, 2.05) is 0 Å². The summed E-state index contributed by atoms with van der Waals surface area (Å²) in [5, 5.41) is 6.00. The van der Waals surface area contributed by atoms with Crippen LogP contribution in [0.4, 0.5) is 4.39 Å². The van der Waals surface area contributed by atoms with Gasteiger partial charge in [-0.25, -0.2) is 4.39 Å². The van der Waals surface area contributed by atoms with E-state index < -0.39 is 5.82 Å². The molecule has 18 heavy (non-hydrogen) atoms. The highest BCUT2D eigenvalue weighted by atomic mass is 35.5. The van der Waals surface area contributed by atoms with Crippen molar-refractivity contribution in [3.8, 4) is 0 Å². The fourth-order valence-electron chi connectivity index (χ4n) is 2.14. The molecule has 1 fully saturated rings. The molecular weight excluding hydrogens is 255 g/mol. The van der Waals surface area contributed by atoms with Gasteiger partial charge in [-0.1, -0.05) is 17.7 Å². The first kappa shape index (κ1) is 13.3. The molecule has 0 spiro atoms. The lowest BCUT2D eigenvalue weighted by atomic mass is 10.1. The second kappa shape index (κ2) is 6.16. The topological polar surface area (TPSA) is 41.1 Å². The standard InChI is InChI=1S/C13H16ClFN2O/c14-12-10(4-1-5-11(12)15)13(18)17-8-6-9-3-2-7-16-9/h1,4-5,9,16H,2-3,6-8H2,(H,17,18)/t9-/m0/s1. The second-order valence-corrected chi connectivity index (χ2v) is 4.82. The highest BCUT2D eigenvalue weighted by molar-refractivity contribution is 6.34. The maximum absolute atomic E-state index is 13.2. The Balaban J connectivity index is 1.85. The monoisotopic (exact) mass is 270 g/mol. The highest BCUT2D eigenvalue weighted by Crippen LogP contribution is 2.19. The first-order chi connectivity index (χ1) is 8.68. The molecule has 1 saturated heterocycles. The van der Waals surface area contributed by atoms with Gasteiger partial charge in [-0.2, -0.15) is 0 Å². The Morgan fingerprint density at radius 2 is 2.39 bits per heavy atom. The molecule has 1 amide bonds. The van der Waals surface area contributed by atoms with E-state index in [2.05, 4.69) is 10.6 Å². The van der Waals surface area contributed by atoms with E-state index in [9.17, 15) is 9.18 Å². The summed E-state index contributed by atoms with van der Waals surface area (Å²) >= 11 is 5.75. The molecule has 0 saturated carbocycles. The van der Waals surface area contributed by atoms with E-state index in [1.54, 1.807) is 0 Å². The van der Waals surface area contributed by atoms with Gasteiger partial charge in [0.2, 0.25) is 0 Å². The lowest BCUT2D eigenvalue weighted by molar-refractivity contribution is 0.0952. The summed E-state index contributed by atoms with van der Waals surface area (Å²) < 4.78 is 13.2. The molecule has 0 aliphatic carbocycles. The summed E-state index contributed by atoms with van der Waals surface area (Å²) in [6.07, 6.45) is 3.23. The van der Waals surface area contributed by atoms with Crippen molar-refractivity contribution in [2.45, 2.75) is 25.3 Å². The summed E-state index contributed by atoms with van der Waals surface area (Å²) in [7, 11) is 0. The average Bonchev–Trinajstić information content (AvgIpc) is 2.85. The average molecular weight is 271 g/mol. The summed E-state index contributed by atoms with van der Waals surface area (Å²) in [6.45, 7) is 1.62. The number of hydrogen-bond donors (Lipinski definition) is 2. The first-order valence-corrected chi connectivity index (χ1v) is 6.52. The molecule has 1 aliphatic heterocycles. The third kappa shape index (κ3) is 3.21. The number of hydrogen-bond acceptors (Lipinski definition) is 2. The number of amides is 1. The van der Waals surface area contributed by atoms with E-state index >= 15 is 0 Å². The van der Waals surface area contributed by atoms with Crippen molar-refractivity contribution in [3.05, 3.63) is 34.6 Å². The van der Waals surface area contributed by atoms with Crippen molar-refractivity contribution in [2.24, 2.45) is 0 Å². The molecule has 2 rings (SSSR count). The number of halogens is 2. The van der Waals surface area contributed by atoms with E-state index in [4.69, 9.17) is 11.6 Å². The fourth-order valence-corrected chi connectivity index (χ4v) is 2.35. The Morgan fingerprint density at radius 3 is 3.11 bits per heavy atom. The highest BCUT2D eigenvalue weighted by Gasteiger charge is 2.16. The van der Waals surface area contributed by atoms with Gasteiger partial charge in [-0.3, -0.25) is 4.79 Å². The normalized spacial score (nSPS) is 18.9. The molecule has 1 heterocycles. The van der Waals surface area contributed by atoms with Crippen molar-refractivity contribution in [1.29, 1.82) is 0 Å². The lowest BCUT2D eigenvalue weighted by Crippen LogP contribution is -2.30. The number of benzene rings is 1. The summed E-state index contributed by atoms with van der Waals surface area (Å²) in [6, 6.07) is 4.72. The second-order valence-electron chi connectivity index (χ2n) is 4.44. The maximum Gasteiger partial charge on any atom is 0.252 e. The van der Waals surface area contributed by atoms with Crippen LogP contribution in [-0.2, 0) is 0 Å². The minimum atomic E-state index is -0.568. The zero-order valence-electron chi connectivity index (χ0n) is 10.0. The van der Waals surface area contributed by atoms with Gasteiger partial charge in [-0.05, 0) is 37.9 Å². The van der Waals surface area contributed by atoms with Gasteiger partial charge in [0.15, 0.2) is 0 Å². The van der Waals surface area contributed by atoms with E-state index in [1.165, 1.54) is 24.6 Å². The van der Waals surface area contributed by atoms with Crippen LogP contribution in [0.3, 0.4) is 0 Å². The Labute approximate surface area is 111 Å². The van der Waals surface area contributed by atoms with Crippen molar-refractivity contribution in [1.82, 2.24) is 10.6 Å². The van der Waals surface area contributed by atoms with Crippen molar-refractivity contribution in [2.75, 3.05) is 13.1 Å². The zero-order chi connectivity index (χ0) is 13.0. The number of nitrogens with one attached hydrogen (secondary N) is 2. The predicted octanol–water partition coefficient (Wildman–Crippen LogP) is 2.35. The van der Waals surface area contributed by atoms with Gasteiger partial charge in [0, 0.05) is 12.6 Å². The first-order valence-electron chi connectivity index (χ1n) is 6.14. The largest absolute Gasteiger partial charge is 0.352 e. The number of rotatable bonds is 4. The van der Waals surface area contributed by atoms with Crippen molar-refractivity contribution < 1.29 is 9.18 Å². The van der Waals surface area contributed by atoms with E-state index in [0.29, 0.717) is 12.6 Å². The molecule has 0 aromatic heterocycles. The van der Waals surface area contributed by atoms with Crippen LogP contribution in [0.2, 0.25) is 5.02 Å². The SMILES string of the molecule is O=C(NCC[C@@H]1CCCN1)c1cccc(F)c1Cl. The predicted molar refractivity (Wildman–Crippen MR) is 69.4 cm³/mol. The molecule has 0 radical (unpaired) electrons. The van der Waals surface area contributed by atoms with Crippen LogP contribution in [0, 0.1) is 5.82 Å². The molecule has 3 nitrogen and oxygen atoms in total. The Bertz CT molecular complexity index is 433. The fraction of sp³-hybridized carbons (Fsp3) is 0.462. The van der Waals surface area contributed by atoms with Crippen molar-refractivity contribution in [3.63, 3.8) is 0 Å². The quantitative estimate of drug-likeness (QED) is 0.882. The molecule has 1 atom stereocenters.